The van der Waals surface area contributed by atoms with Crippen molar-refractivity contribution in [2.45, 2.75) is 50.7 Å². The molecule has 7 nitrogen and oxygen atoms in total. The van der Waals surface area contributed by atoms with Crippen LogP contribution < -0.4 is 10.1 Å². The highest BCUT2D eigenvalue weighted by molar-refractivity contribution is 9.10. The summed E-state index contributed by atoms with van der Waals surface area (Å²) in [6.07, 6.45) is 2.44. The van der Waals surface area contributed by atoms with Crippen LogP contribution in [0.5, 0.6) is 5.75 Å². The summed E-state index contributed by atoms with van der Waals surface area (Å²) in [4.78, 5) is 8.62. The van der Waals surface area contributed by atoms with Gasteiger partial charge in [-0.05, 0) is 43.7 Å². The van der Waals surface area contributed by atoms with E-state index >= 15 is 0 Å². The first-order valence-electron chi connectivity index (χ1n) is 9.86. The maximum atomic E-state index is 10.8. The van der Waals surface area contributed by atoms with Crippen LogP contribution >= 0.6 is 15.9 Å². The molecular weight excluding hydrogens is 436 g/mol. The number of aromatic nitrogens is 3. The van der Waals surface area contributed by atoms with Gasteiger partial charge in [0.25, 0.3) is 0 Å². The van der Waals surface area contributed by atoms with E-state index < -0.39 is 18.3 Å². The Kier molecular flexibility index (Phi) is 4.82. The Balaban J connectivity index is 1.45. The first-order chi connectivity index (χ1) is 14.0. The molecular formula is C21H23BrN4O3. The zero-order valence-corrected chi connectivity index (χ0v) is 17.6. The summed E-state index contributed by atoms with van der Waals surface area (Å²) in [5.41, 5.74) is 4.03. The number of benzene rings is 1. The predicted octanol–water partition coefficient (Wildman–Crippen LogP) is 2.26. The van der Waals surface area contributed by atoms with Crippen LogP contribution in [0.4, 0.5) is 0 Å². The van der Waals surface area contributed by atoms with Crippen LogP contribution in [0.3, 0.4) is 0 Å². The Hall–Kier alpha value is -2.00. The molecule has 3 N–H and O–H groups in total. The molecule has 0 amide bonds. The monoisotopic (exact) mass is 458 g/mol. The number of halogens is 1. The third-order valence-corrected chi connectivity index (χ3v) is 6.54. The van der Waals surface area contributed by atoms with Gasteiger partial charge >= 0.3 is 0 Å². The van der Waals surface area contributed by atoms with E-state index in [2.05, 4.69) is 37.3 Å². The maximum absolute atomic E-state index is 10.8. The lowest BCUT2D eigenvalue weighted by atomic mass is 10.00. The number of aliphatic hydroxyl groups excluding tert-OH is 2. The van der Waals surface area contributed by atoms with Gasteiger partial charge in [-0.25, -0.2) is 9.97 Å². The second-order valence-electron chi connectivity index (χ2n) is 7.83. The second-order valence-corrected chi connectivity index (χ2v) is 8.74. The fraction of sp³-hybridized carbons (Fsp3) is 0.429. The average Bonchev–Trinajstić information content (AvgIpc) is 3.25. The molecule has 0 spiro atoms. The van der Waals surface area contributed by atoms with Crippen LogP contribution in [0.25, 0.3) is 11.0 Å². The van der Waals surface area contributed by atoms with E-state index in [0.29, 0.717) is 6.42 Å². The number of rotatable bonds is 3. The van der Waals surface area contributed by atoms with Gasteiger partial charge in [-0.15, -0.1) is 0 Å². The van der Waals surface area contributed by atoms with Crippen LogP contribution in [0, 0.1) is 6.92 Å². The minimum absolute atomic E-state index is 0.317. The van der Waals surface area contributed by atoms with E-state index in [1.54, 1.807) is 0 Å². The molecule has 1 fully saturated rings. The lowest BCUT2D eigenvalue weighted by molar-refractivity contribution is -0.0166. The number of nitrogens with one attached hydrogen (secondary N) is 1. The van der Waals surface area contributed by atoms with Gasteiger partial charge in [0.1, 0.15) is 36.0 Å². The average molecular weight is 459 g/mol. The number of ether oxygens (including phenoxy) is 1. The van der Waals surface area contributed by atoms with Crippen molar-refractivity contribution in [2.24, 2.45) is 0 Å². The molecule has 152 valence electrons. The molecule has 2 aliphatic rings. The van der Waals surface area contributed by atoms with E-state index in [1.165, 1.54) is 11.9 Å². The standard InChI is InChI=1S/C21H23BrN4O3/c1-11-14-3-5-26(21(14)25-10-24-11)16-8-18(20(28)19(16)27)29-17-7-13(22)6-12-2-4-23-9-15(12)17/h3,5-7,10,16,18-20,23,27-28H,2,4,8-9H2,1H3/t16-,18+,19+,20-/m1/s1. The summed E-state index contributed by atoms with van der Waals surface area (Å²) in [6.45, 7) is 3.62. The Morgan fingerprint density at radius 2 is 2.10 bits per heavy atom. The van der Waals surface area contributed by atoms with Crippen molar-refractivity contribution in [1.29, 1.82) is 0 Å². The van der Waals surface area contributed by atoms with Gasteiger partial charge in [-0.3, -0.25) is 0 Å². The first kappa shape index (κ1) is 19.0. The molecule has 2 aromatic heterocycles. The molecule has 3 aromatic rings. The highest BCUT2D eigenvalue weighted by Gasteiger charge is 2.44. The Bertz CT molecular complexity index is 1070. The molecule has 1 aliphatic carbocycles. The van der Waals surface area contributed by atoms with Crippen molar-refractivity contribution in [2.75, 3.05) is 6.54 Å². The SMILES string of the molecule is Cc1ncnc2c1ccn2[C@@H]1C[C@H](Oc2cc(Br)cc3c2CNCC3)[C@@H](O)[C@H]1O. The molecule has 0 unspecified atom stereocenters. The van der Waals surface area contributed by atoms with E-state index in [0.717, 1.165) is 52.0 Å². The number of hydrogen-bond donors (Lipinski definition) is 3. The predicted molar refractivity (Wildman–Crippen MR) is 112 cm³/mol. The lowest BCUT2D eigenvalue weighted by Crippen LogP contribution is -2.34. The highest BCUT2D eigenvalue weighted by Crippen LogP contribution is 2.38. The topological polar surface area (TPSA) is 92.4 Å². The number of nitrogens with zero attached hydrogens (tertiary/aromatic N) is 3. The van der Waals surface area contributed by atoms with Crippen LogP contribution in [-0.2, 0) is 13.0 Å². The van der Waals surface area contributed by atoms with Gasteiger partial charge in [0, 0.05) is 34.6 Å². The van der Waals surface area contributed by atoms with Gasteiger partial charge in [0.05, 0.1) is 11.7 Å². The summed E-state index contributed by atoms with van der Waals surface area (Å²) in [6, 6.07) is 5.71. The van der Waals surface area contributed by atoms with Crippen molar-refractivity contribution < 1.29 is 14.9 Å². The second kappa shape index (κ2) is 7.36. The van der Waals surface area contributed by atoms with Crippen molar-refractivity contribution in [3.63, 3.8) is 0 Å². The Morgan fingerprint density at radius 3 is 2.97 bits per heavy atom. The largest absolute Gasteiger partial charge is 0.487 e. The molecule has 1 saturated carbocycles. The molecule has 1 aliphatic heterocycles. The smallest absolute Gasteiger partial charge is 0.143 e. The third kappa shape index (κ3) is 3.24. The van der Waals surface area contributed by atoms with E-state index in [9.17, 15) is 10.2 Å². The van der Waals surface area contributed by atoms with Crippen LogP contribution in [0.2, 0.25) is 0 Å². The quantitative estimate of drug-likeness (QED) is 0.557. The lowest BCUT2D eigenvalue weighted by Gasteiger charge is -2.24. The normalized spacial score (nSPS) is 26.6. The van der Waals surface area contributed by atoms with Crippen molar-refractivity contribution in [3.05, 3.63) is 52.0 Å². The third-order valence-electron chi connectivity index (χ3n) is 6.08. The summed E-state index contributed by atoms with van der Waals surface area (Å²) >= 11 is 3.56. The Labute approximate surface area is 176 Å². The van der Waals surface area contributed by atoms with Crippen molar-refractivity contribution >= 4 is 27.0 Å². The molecule has 0 saturated heterocycles. The summed E-state index contributed by atoms with van der Waals surface area (Å²) < 4.78 is 9.16. The van der Waals surface area contributed by atoms with Crippen molar-refractivity contribution in [1.82, 2.24) is 19.9 Å². The molecule has 5 rings (SSSR count). The number of aliphatic hydroxyl groups is 2. The Morgan fingerprint density at radius 1 is 1.24 bits per heavy atom. The van der Waals surface area contributed by atoms with E-state index in [1.807, 2.05) is 29.8 Å². The fourth-order valence-electron chi connectivity index (χ4n) is 4.52. The van der Waals surface area contributed by atoms with E-state index in [4.69, 9.17) is 4.74 Å². The van der Waals surface area contributed by atoms with Gasteiger partial charge in [0.2, 0.25) is 0 Å². The molecule has 3 heterocycles. The van der Waals surface area contributed by atoms with Gasteiger partial charge < -0.3 is 24.8 Å². The van der Waals surface area contributed by atoms with Gasteiger partial charge in [-0.1, -0.05) is 15.9 Å². The minimum Gasteiger partial charge on any atom is -0.487 e. The van der Waals surface area contributed by atoms with Gasteiger partial charge in [0.15, 0.2) is 0 Å². The molecule has 29 heavy (non-hydrogen) atoms. The zero-order valence-electron chi connectivity index (χ0n) is 16.0. The number of fused-ring (bicyclic) bond motifs is 2. The van der Waals surface area contributed by atoms with Gasteiger partial charge in [-0.2, -0.15) is 0 Å². The minimum atomic E-state index is -0.980. The summed E-state index contributed by atoms with van der Waals surface area (Å²) in [5, 5.41) is 25.8. The fourth-order valence-corrected chi connectivity index (χ4v) is 5.00. The van der Waals surface area contributed by atoms with Crippen LogP contribution in [0.1, 0.15) is 29.3 Å². The molecule has 8 heteroatoms. The molecule has 4 atom stereocenters. The first-order valence-corrected chi connectivity index (χ1v) is 10.6. The zero-order chi connectivity index (χ0) is 20.1. The number of aryl methyl sites for hydroxylation is 1. The number of hydrogen-bond acceptors (Lipinski definition) is 6. The van der Waals surface area contributed by atoms with E-state index in [-0.39, 0.29) is 6.04 Å². The highest BCUT2D eigenvalue weighted by atomic mass is 79.9. The molecule has 0 bridgehead atoms. The maximum Gasteiger partial charge on any atom is 0.143 e. The molecule has 0 radical (unpaired) electrons. The van der Waals surface area contributed by atoms with Crippen LogP contribution in [0.15, 0.2) is 35.2 Å². The van der Waals surface area contributed by atoms with Crippen molar-refractivity contribution in [3.8, 4) is 5.75 Å². The summed E-state index contributed by atoms with van der Waals surface area (Å²) in [7, 11) is 0. The molecule has 1 aromatic carbocycles. The summed E-state index contributed by atoms with van der Waals surface area (Å²) in [5.74, 6) is 0.758. The van der Waals surface area contributed by atoms with Crippen LogP contribution in [-0.4, -0.2) is 49.6 Å².